The molecule has 1 aliphatic heterocycles. The molecule has 2 amide bonds. The summed E-state index contributed by atoms with van der Waals surface area (Å²) in [5, 5.41) is 16.0. The number of halogens is 2. The number of benzene rings is 2. The predicted molar refractivity (Wildman–Crippen MR) is 134 cm³/mol. The second kappa shape index (κ2) is 11.4. The predicted octanol–water partition coefficient (Wildman–Crippen LogP) is 1.29. The first-order valence-electron chi connectivity index (χ1n) is 10.7. The minimum atomic E-state index is -4.21. The lowest BCUT2D eigenvalue weighted by molar-refractivity contribution is -0.139. The first kappa shape index (κ1) is 26.9. The van der Waals surface area contributed by atoms with Crippen LogP contribution in [0.15, 0.2) is 42.5 Å². The lowest BCUT2D eigenvalue weighted by atomic mass is 10.0. The van der Waals surface area contributed by atoms with E-state index in [9.17, 15) is 18.0 Å². The summed E-state index contributed by atoms with van der Waals surface area (Å²) < 4.78 is 25.7. The molecular formula is C22H26Cl2N6O4S. The lowest BCUT2D eigenvalue weighted by Gasteiger charge is -2.28. The van der Waals surface area contributed by atoms with Crippen LogP contribution in [-0.4, -0.2) is 49.6 Å². The molecule has 2 aromatic rings. The third kappa shape index (κ3) is 7.39. The topological polar surface area (TPSA) is 171 Å². The van der Waals surface area contributed by atoms with Crippen molar-refractivity contribution in [2.75, 3.05) is 6.54 Å². The van der Waals surface area contributed by atoms with Crippen LogP contribution in [0.1, 0.15) is 29.5 Å². The molecule has 0 saturated carbocycles. The maximum absolute atomic E-state index is 13.3. The van der Waals surface area contributed by atoms with E-state index in [1.807, 2.05) is 0 Å². The summed E-state index contributed by atoms with van der Waals surface area (Å²) in [6.07, 6.45) is 1.00. The van der Waals surface area contributed by atoms with Crippen LogP contribution < -0.4 is 20.9 Å². The van der Waals surface area contributed by atoms with E-state index in [4.69, 9.17) is 39.5 Å². The van der Waals surface area contributed by atoms with Gasteiger partial charge in [0.15, 0.2) is 0 Å². The fourth-order valence-corrected chi connectivity index (χ4v) is 4.79. The summed E-state index contributed by atoms with van der Waals surface area (Å²) in [6, 6.07) is 9.60. The molecule has 0 unspecified atom stereocenters. The van der Waals surface area contributed by atoms with Crippen molar-refractivity contribution in [2.45, 2.75) is 37.9 Å². The molecule has 188 valence electrons. The molecule has 0 aliphatic carbocycles. The molecule has 1 saturated heterocycles. The van der Waals surface area contributed by atoms with E-state index in [1.54, 1.807) is 42.5 Å². The Morgan fingerprint density at radius 2 is 1.77 bits per heavy atom. The fraction of sp³-hybridized carbons (Fsp3) is 0.318. The maximum atomic E-state index is 13.3. The van der Waals surface area contributed by atoms with Crippen molar-refractivity contribution < 1.29 is 18.0 Å². The second-order valence-corrected chi connectivity index (χ2v) is 10.3. The number of likely N-dealkylation sites (tertiary alicyclic amines) is 1. The number of nitrogen functional groups attached to an aromatic ring is 1. The third-order valence-corrected chi connectivity index (χ3v) is 6.95. The molecule has 13 heteroatoms. The molecule has 3 rings (SSSR count). The third-order valence-electron chi connectivity index (χ3n) is 5.60. The van der Waals surface area contributed by atoms with Gasteiger partial charge in [-0.25, -0.2) is 5.14 Å². The molecule has 1 heterocycles. The van der Waals surface area contributed by atoms with Crippen LogP contribution in [-0.2, 0) is 32.8 Å². The molecule has 0 radical (unpaired) electrons. The molecule has 0 spiro atoms. The lowest BCUT2D eigenvalue weighted by Crippen LogP contribution is -2.55. The molecule has 1 aliphatic rings. The number of nitrogens with zero attached hydrogens (tertiary/aromatic N) is 1. The van der Waals surface area contributed by atoms with Crippen molar-refractivity contribution in [2.24, 2.45) is 10.9 Å². The van der Waals surface area contributed by atoms with E-state index in [1.165, 1.54) is 4.90 Å². The smallest absolute Gasteiger partial charge is 0.275 e. The van der Waals surface area contributed by atoms with Gasteiger partial charge in [0.25, 0.3) is 10.2 Å². The number of amides is 2. The minimum Gasteiger partial charge on any atom is -0.384 e. The number of nitrogens with one attached hydrogen (secondary N) is 3. The Labute approximate surface area is 213 Å². The normalized spacial score (nSPS) is 16.7. The molecular weight excluding hydrogens is 515 g/mol. The summed E-state index contributed by atoms with van der Waals surface area (Å²) in [7, 11) is -4.21. The number of rotatable bonds is 9. The summed E-state index contributed by atoms with van der Waals surface area (Å²) in [5.74, 6) is -0.965. The van der Waals surface area contributed by atoms with Gasteiger partial charge in [-0.15, -0.1) is 0 Å². The van der Waals surface area contributed by atoms with Gasteiger partial charge < -0.3 is 16.0 Å². The van der Waals surface area contributed by atoms with Crippen molar-refractivity contribution in [3.8, 4) is 0 Å². The van der Waals surface area contributed by atoms with Crippen LogP contribution in [0, 0.1) is 5.41 Å². The first-order valence-corrected chi connectivity index (χ1v) is 13.0. The van der Waals surface area contributed by atoms with Gasteiger partial charge in [0.1, 0.15) is 17.9 Å². The molecule has 7 N–H and O–H groups in total. The van der Waals surface area contributed by atoms with Gasteiger partial charge >= 0.3 is 0 Å². The summed E-state index contributed by atoms with van der Waals surface area (Å²) in [6.45, 7) is 0.520. The standard InChI is InChI=1S/C22H26Cl2N6O4S/c23-16-8-5-14(10-17(16)24)11-18(29-35(27,33)34)22(32)30-9-1-2-19(30)21(31)28-12-13-3-6-15(7-4-13)20(25)26/h3-8,10,18-19,29H,1-2,9,11-12H2,(H3,25,26)(H,28,31)(H2,27,33,34)/t18-,19+/m1/s1. The van der Waals surface area contributed by atoms with E-state index in [2.05, 4.69) is 10.0 Å². The quantitative estimate of drug-likeness (QED) is 0.237. The van der Waals surface area contributed by atoms with Crippen LogP contribution in [0.2, 0.25) is 10.0 Å². The Kier molecular flexibility index (Phi) is 8.73. The Hall–Kier alpha value is -2.70. The number of carbonyl (C=O) groups is 2. The zero-order valence-corrected chi connectivity index (χ0v) is 21.0. The number of nitrogens with two attached hydrogens (primary N) is 2. The highest BCUT2D eigenvalue weighted by atomic mass is 35.5. The van der Waals surface area contributed by atoms with Gasteiger partial charge in [0, 0.05) is 18.7 Å². The molecule has 2 atom stereocenters. The summed E-state index contributed by atoms with van der Waals surface area (Å²) in [4.78, 5) is 27.6. The molecule has 0 bridgehead atoms. The van der Waals surface area contributed by atoms with Crippen molar-refractivity contribution in [1.29, 1.82) is 5.41 Å². The second-order valence-electron chi connectivity index (χ2n) is 8.19. The molecule has 35 heavy (non-hydrogen) atoms. The summed E-state index contributed by atoms with van der Waals surface area (Å²) >= 11 is 12.0. The highest BCUT2D eigenvalue weighted by Gasteiger charge is 2.38. The van der Waals surface area contributed by atoms with E-state index in [0.29, 0.717) is 35.5 Å². The van der Waals surface area contributed by atoms with E-state index >= 15 is 0 Å². The Balaban J connectivity index is 1.71. The van der Waals surface area contributed by atoms with Crippen molar-refractivity contribution in [3.05, 3.63) is 69.2 Å². The van der Waals surface area contributed by atoms with Crippen LogP contribution in [0.25, 0.3) is 0 Å². The van der Waals surface area contributed by atoms with Crippen molar-refractivity contribution >= 4 is 51.1 Å². The Morgan fingerprint density at radius 3 is 2.37 bits per heavy atom. The molecule has 2 aromatic carbocycles. The minimum absolute atomic E-state index is 0.0283. The Bertz CT molecular complexity index is 1220. The van der Waals surface area contributed by atoms with Gasteiger partial charge in [0.2, 0.25) is 11.8 Å². The van der Waals surface area contributed by atoms with Crippen molar-refractivity contribution in [1.82, 2.24) is 14.9 Å². The number of amidine groups is 1. The number of hydrogen-bond donors (Lipinski definition) is 5. The van der Waals surface area contributed by atoms with Crippen LogP contribution in [0.3, 0.4) is 0 Å². The summed E-state index contributed by atoms with van der Waals surface area (Å²) in [5.41, 5.74) is 7.39. The molecule has 10 nitrogen and oxygen atoms in total. The highest BCUT2D eigenvalue weighted by molar-refractivity contribution is 7.87. The van der Waals surface area contributed by atoms with Gasteiger partial charge in [-0.3, -0.25) is 15.0 Å². The average molecular weight is 541 g/mol. The largest absolute Gasteiger partial charge is 0.384 e. The number of carbonyl (C=O) groups excluding carboxylic acids is 2. The maximum Gasteiger partial charge on any atom is 0.275 e. The number of hydrogen-bond acceptors (Lipinski definition) is 5. The fourth-order valence-electron chi connectivity index (χ4n) is 3.89. The van der Waals surface area contributed by atoms with Gasteiger partial charge in [-0.2, -0.15) is 13.1 Å². The average Bonchev–Trinajstić information content (AvgIpc) is 3.28. The first-order chi connectivity index (χ1) is 16.4. The SMILES string of the molecule is N=C(N)c1ccc(CNC(=O)[C@@H]2CCCN2C(=O)[C@@H](Cc2ccc(Cl)c(Cl)c2)NS(N)(=O)=O)cc1. The van der Waals surface area contributed by atoms with Crippen LogP contribution >= 0.6 is 23.2 Å². The van der Waals surface area contributed by atoms with Gasteiger partial charge in [0.05, 0.1) is 10.0 Å². The van der Waals surface area contributed by atoms with Crippen molar-refractivity contribution in [3.63, 3.8) is 0 Å². The van der Waals surface area contributed by atoms with Gasteiger partial charge in [-0.1, -0.05) is 53.5 Å². The molecule has 1 fully saturated rings. The zero-order chi connectivity index (χ0) is 25.8. The Morgan fingerprint density at radius 1 is 1.11 bits per heavy atom. The van der Waals surface area contributed by atoms with E-state index in [-0.39, 0.29) is 29.7 Å². The molecule has 0 aromatic heterocycles. The zero-order valence-electron chi connectivity index (χ0n) is 18.6. The van der Waals surface area contributed by atoms with Crippen LogP contribution in [0.5, 0.6) is 0 Å². The van der Waals surface area contributed by atoms with Gasteiger partial charge in [-0.05, 0) is 42.5 Å². The van der Waals surface area contributed by atoms with Crippen LogP contribution in [0.4, 0.5) is 0 Å². The van der Waals surface area contributed by atoms with E-state index < -0.39 is 28.2 Å². The highest BCUT2D eigenvalue weighted by Crippen LogP contribution is 2.24. The van der Waals surface area contributed by atoms with E-state index in [0.717, 1.165) is 5.56 Å². The monoisotopic (exact) mass is 540 g/mol.